The van der Waals surface area contributed by atoms with E-state index in [0.717, 1.165) is 11.0 Å². The van der Waals surface area contributed by atoms with E-state index in [9.17, 15) is 8.42 Å². The maximum absolute atomic E-state index is 12.5. The van der Waals surface area contributed by atoms with E-state index in [1.807, 2.05) is 28.8 Å². The Balaban J connectivity index is 1.38. The predicted molar refractivity (Wildman–Crippen MR) is 97.0 cm³/mol. The summed E-state index contributed by atoms with van der Waals surface area (Å²) in [6.45, 7) is 1.91. The van der Waals surface area contributed by atoms with Crippen molar-refractivity contribution in [2.45, 2.75) is 17.9 Å². The normalized spacial score (nSPS) is 13.8. The zero-order chi connectivity index (χ0) is 18.0. The van der Waals surface area contributed by atoms with Crippen molar-refractivity contribution in [1.82, 2.24) is 14.3 Å². The number of fused-ring (bicyclic) bond motifs is 2. The Morgan fingerprint density at radius 1 is 1.08 bits per heavy atom. The summed E-state index contributed by atoms with van der Waals surface area (Å²) in [4.78, 5) is 4.51. The van der Waals surface area contributed by atoms with Gasteiger partial charge in [0.25, 0.3) is 0 Å². The molecule has 0 bridgehead atoms. The summed E-state index contributed by atoms with van der Waals surface area (Å²) < 4.78 is 40.5. The van der Waals surface area contributed by atoms with Gasteiger partial charge in [-0.1, -0.05) is 12.1 Å². The number of aryl methyl sites for hydroxylation is 1. The number of aromatic nitrogens is 2. The van der Waals surface area contributed by atoms with E-state index < -0.39 is 10.0 Å². The van der Waals surface area contributed by atoms with Gasteiger partial charge < -0.3 is 14.0 Å². The number of sulfonamides is 1. The second-order valence-corrected chi connectivity index (χ2v) is 7.75. The third kappa shape index (κ3) is 3.38. The molecule has 7 nitrogen and oxygen atoms in total. The molecular formula is C18H19N3O4S. The molecule has 0 atom stereocenters. The Morgan fingerprint density at radius 2 is 1.88 bits per heavy atom. The van der Waals surface area contributed by atoms with Gasteiger partial charge >= 0.3 is 0 Å². The van der Waals surface area contributed by atoms with Crippen LogP contribution >= 0.6 is 0 Å². The first-order valence-corrected chi connectivity index (χ1v) is 9.91. The molecule has 0 spiro atoms. The smallest absolute Gasteiger partial charge is 0.240 e. The lowest BCUT2D eigenvalue weighted by Crippen LogP contribution is -2.26. The van der Waals surface area contributed by atoms with Crippen LogP contribution < -0.4 is 14.2 Å². The molecule has 0 amide bonds. The number of nitrogens with one attached hydrogen (secondary N) is 1. The third-order valence-corrected chi connectivity index (χ3v) is 5.68. The highest BCUT2D eigenvalue weighted by atomic mass is 32.2. The van der Waals surface area contributed by atoms with Gasteiger partial charge in [0.1, 0.15) is 13.2 Å². The molecule has 1 aromatic heterocycles. The van der Waals surface area contributed by atoms with Crippen molar-refractivity contribution in [3.8, 4) is 11.5 Å². The minimum atomic E-state index is -3.59. The van der Waals surface area contributed by atoms with Crippen molar-refractivity contribution in [1.29, 1.82) is 0 Å². The average Bonchev–Trinajstić information content (AvgIpc) is 3.08. The lowest BCUT2D eigenvalue weighted by Gasteiger charge is -2.18. The average molecular weight is 373 g/mol. The van der Waals surface area contributed by atoms with Gasteiger partial charge in [-0.15, -0.1) is 0 Å². The van der Waals surface area contributed by atoms with E-state index in [0.29, 0.717) is 44.2 Å². The molecule has 1 N–H and O–H groups in total. The van der Waals surface area contributed by atoms with Gasteiger partial charge in [0.05, 0.1) is 22.3 Å². The van der Waals surface area contributed by atoms with Crippen LogP contribution in [0.25, 0.3) is 11.0 Å². The molecule has 1 aliphatic heterocycles. The Kier molecular flexibility index (Phi) is 4.52. The maximum Gasteiger partial charge on any atom is 0.240 e. The molecule has 2 aromatic carbocycles. The van der Waals surface area contributed by atoms with Crippen molar-refractivity contribution in [2.24, 2.45) is 0 Å². The van der Waals surface area contributed by atoms with E-state index in [1.165, 1.54) is 12.1 Å². The number of hydrogen-bond acceptors (Lipinski definition) is 5. The molecule has 136 valence electrons. The summed E-state index contributed by atoms with van der Waals surface area (Å²) >= 11 is 0. The molecule has 3 aromatic rings. The van der Waals surface area contributed by atoms with Crippen molar-refractivity contribution >= 4 is 21.1 Å². The number of para-hydroxylation sites is 2. The van der Waals surface area contributed by atoms with E-state index >= 15 is 0 Å². The van der Waals surface area contributed by atoms with Gasteiger partial charge in [0, 0.05) is 19.2 Å². The topological polar surface area (TPSA) is 82.5 Å². The van der Waals surface area contributed by atoms with Crippen LogP contribution in [0.2, 0.25) is 0 Å². The van der Waals surface area contributed by atoms with Crippen LogP contribution in [0.4, 0.5) is 0 Å². The summed E-state index contributed by atoms with van der Waals surface area (Å²) in [6.07, 6.45) is 2.43. The molecule has 0 unspecified atom stereocenters. The minimum absolute atomic E-state index is 0.176. The molecule has 0 saturated carbocycles. The van der Waals surface area contributed by atoms with Crippen LogP contribution in [-0.4, -0.2) is 37.7 Å². The third-order valence-electron chi connectivity index (χ3n) is 4.22. The molecule has 2 heterocycles. The van der Waals surface area contributed by atoms with E-state index in [-0.39, 0.29) is 4.90 Å². The van der Waals surface area contributed by atoms with Crippen LogP contribution in [0, 0.1) is 0 Å². The van der Waals surface area contributed by atoms with Gasteiger partial charge in [0.15, 0.2) is 11.5 Å². The SMILES string of the molecule is O=S(=O)(NCCCn1cnc2ccccc21)c1ccc2c(c1)OCCO2. The van der Waals surface area contributed by atoms with Crippen molar-refractivity contribution in [2.75, 3.05) is 19.8 Å². The maximum atomic E-state index is 12.5. The zero-order valence-corrected chi connectivity index (χ0v) is 14.9. The van der Waals surface area contributed by atoms with Gasteiger partial charge in [-0.05, 0) is 30.7 Å². The van der Waals surface area contributed by atoms with Crippen molar-refractivity contribution in [3.05, 3.63) is 48.8 Å². The highest BCUT2D eigenvalue weighted by Crippen LogP contribution is 2.32. The molecule has 8 heteroatoms. The van der Waals surface area contributed by atoms with E-state index in [2.05, 4.69) is 9.71 Å². The number of nitrogens with zero attached hydrogens (tertiary/aromatic N) is 2. The summed E-state index contributed by atoms with van der Waals surface area (Å²) in [5, 5.41) is 0. The van der Waals surface area contributed by atoms with Crippen LogP contribution in [0.5, 0.6) is 11.5 Å². The summed E-state index contributed by atoms with van der Waals surface area (Å²) in [5.74, 6) is 1.03. The molecular weight excluding hydrogens is 354 g/mol. The number of rotatable bonds is 6. The minimum Gasteiger partial charge on any atom is -0.486 e. The quantitative estimate of drug-likeness (QED) is 0.670. The lowest BCUT2D eigenvalue weighted by atomic mass is 10.3. The Labute approximate surface area is 151 Å². The fourth-order valence-electron chi connectivity index (χ4n) is 2.92. The van der Waals surface area contributed by atoms with E-state index in [4.69, 9.17) is 9.47 Å². The first-order chi connectivity index (χ1) is 12.6. The van der Waals surface area contributed by atoms with Gasteiger partial charge in [-0.2, -0.15) is 0 Å². The summed E-state index contributed by atoms with van der Waals surface area (Å²) in [5.41, 5.74) is 1.98. The van der Waals surface area contributed by atoms with Crippen molar-refractivity contribution < 1.29 is 17.9 Å². The lowest BCUT2D eigenvalue weighted by molar-refractivity contribution is 0.171. The highest BCUT2D eigenvalue weighted by molar-refractivity contribution is 7.89. The first kappa shape index (κ1) is 16.9. The van der Waals surface area contributed by atoms with Crippen LogP contribution in [0.15, 0.2) is 53.7 Å². The van der Waals surface area contributed by atoms with Crippen molar-refractivity contribution in [3.63, 3.8) is 0 Å². The molecule has 26 heavy (non-hydrogen) atoms. The first-order valence-electron chi connectivity index (χ1n) is 8.43. The molecule has 1 aliphatic rings. The molecule has 0 aliphatic carbocycles. The van der Waals surface area contributed by atoms with Crippen LogP contribution in [-0.2, 0) is 16.6 Å². The fraction of sp³-hybridized carbons (Fsp3) is 0.278. The van der Waals surface area contributed by atoms with Gasteiger partial charge in [0.2, 0.25) is 10.0 Å². The zero-order valence-electron chi connectivity index (χ0n) is 14.1. The summed E-state index contributed by atoms with van der Waals surface area (Å²) in [7, 11) is -3.59. The molecule has 4 rings (SSSR count). The molecule has 0 saturated heterocycles. The van der Waals surface area contributed by atoms with Crippen LogP contribution in [0.1, 0.15) is 6.42 Å². The Morgan fingerprint density at radius 3 is 2.77 bits per heavy atom. The monoisotopic (exact) mass is 373 g/mol. The second-order valence-electron chi connectivity index (χ2n) is 5.98. The number of benzene rings is 2. The highest BCUT2D eigenvalue weighted by Gasteiger charge is 2.18. The largest absolute Gasteiger partial charge is 0.486 e. The summed E-state index contributed by atoms with van der Waals surface area (Å²) in [6, 6.07) is 12.5. The van der Waals surface area contributed by atoms with E-state index in [1.54, 1.807) is 12.4 Å². The Hall–Kier alpha value is -2.58. The number of ether oxygens (including phenoxy) is 2. The fourth-order valence-corrected chi connectivity index (χ4v) is 4.01. The predicted octanol–water partition coefficient (Wildman–Crippen LogP) is 2.18. The van der Waals surface area contributed by atoms with Gasteiger partial charge in [-0.3, -0.25) is 0 Å². The molecule has 0 radical (unpaired) electrons. The van der Waals surface area contributed by atoms with Crippen LogP contribution in [0.3, 0.4) is 0 Å². The standard InChI is InChI=1S/C18H19N3O4S/c22-26(23,14-6-7-17-18(12-14)25-11-10-24-17)20-8-3-9-21-13-19-15-4-1-2-5-16(15)21/h1-2,4-7,12-13,20H,3,8-11H2. The van der Waals surface area contributed by atoms with Gasteiger partial charge in [-0.25, -0.2) is 18.1 Å². The number of hydrogen-bond donors (Lipinski definition) is 1. The molecule has 0 fully saturated rings. The number of imidazole rings is 1. The second kappa shape index (κ2) is 6.97. The Bertz CT molecular complexity index is 1030.